The number of nitrogens with zero attached hydrogens (tertiary/aromatic N) is 1. The Balaban J connectivity index is 1.36. The fourth-order valence-electron chi connectivity index (χ4n) is 3.81. The van der Waals surface area contributed by atoms with Gasteiger partial charge < -0.3 is 10.1 Å². The van der Waals surface area contributed by atoms with E-state index in [1.54, 1.807) is 6.08 Å². The third kappa shape index (κ3) is 6.39. The highest BCUT2D eigenvalue weighted by Crippen LogP contribution is 2.32. The molecule has 0 spiro atoms. The number of rotatable bonds is 7. The molecule has 0 aliphatic carbocycles. The van der Waals surface area contributed by atoms with Gasteiger partial charge in [-0.3, -0.25) is 19.3 Å². The van der Waals surface area contributed by atoms with Crippen LogP contribution >= 0.6 is 11.8 Å². The molecule has 0 unspecified atom stereocenters. The van der Waals surface area contributed by atoms with Crippen molar-refractivity contribution in [3.8, 4) is 5.75 Å². The van der Waals surface area contributed by atoms with Crippen molar-refractivity contribution < 1.29 is 19.1 Å². The quantitative estimate of drug-likeness (QED) is 0.423. The second-order valence-corrected chi connectivity index (χ2v) is 9.53. The molecule has 35 heavy (non-hydrogen) atoms. The molecule has 7 heteroatoms. The van der Waals surface area contributed by atoms with Gasteiger partial charge in [-0.05, 0) is 85.1 Å². The molecule has 1 aliphatic heterocycles. The number of anilines is 1. The highest BCUT2D eigenvalue weighted by molar-refractivity contribution is 8.18. The van der Waals surface area contributed by atoms with E-state index in [4.69, 9.17) is 4.74 Å². The Labute approximate surface area is 209 Å². The van der Waals surface area contributed by atoms with Crippen molar-refractivity contribution in [2.45, 2.75) is 27.4 Å². The molecule has 0 atom stereocenters. The largest absolute Gasteiger partial charge is 0.489 e. The highest BCUT2D eigenvalue weighted by atomic mass is 32.2. The molecule has 0 aromatic heterocycles. The smallest absolute Gasteiger partial charge is 0.294 e. The maximum atomic E-state index is 12.8. The van der Waals surface area contributed by atoms with Crippen LogP contribution in [0.3, 0.4) is 0 Å². The van der Waals surface area contributed by atoms with Crippen LogP contribution in [-0.4, -0.2) is 28.5 Å². The maximum absolute atomic E-state index is 12.8. The Morgan fingerprint density at radius 1 is 0.943 bits per heavy atom. The van der Waals surface area contributed by atoms with Crippen molar-refractivity contribution in [2.75, 3.05) is 11.9 Å². The molecule has 1 fully saturated rings. The number of thioether (sulfide) groups is 1. The monoisotopic (exact) mass is 486 g/mol. The topological polar surface area (TPSA) is 75.7 Å². The van der Waals surface area contributed by atoms with Crippen molar-refractivity contribution in [1.29, 1.82) is 0 Å². The van der Waals surface area contributed by atoms with Gasteiger partial charge in [-0.15, -0.1) is 0 Å². The average Bonchev–Trinajstić information content (AvgIpc) is 3.05. The van der Waals surface area contributed by atoms with E-state index in [9.17, 15) is 14.4 Å². The zero-order valence-corrected chi connectivity index (χ0v) is 20.6. The summed E-state index contributed by atoms with van der Waals surface area (Å²) in [4.78, 5) is 38.9. The molecule has 4 rings (SSSR count). The van der Waals surface area contributed by atoms with Crippen molar-refractivity contribution in [2.24, 2.45) is 0 Å². The fourth-order valence-corrected chi connectivity index (χ4v) is 4.65. The van der Waals surface area contributed by atoms with Gasteiger partial charge in [0.05, 0.1) is 4.91 Å². The van der Waals surface area contributed by atoms with Crippen LogP contribution < -0.4 is 10.1 Å². The first kappa shape index (κ1) is 24.3. The number of amides is 3. The molecule has 0 bridgehead atoms. The lowest BCUT2D eigenvalue weighted by Crippen LogP contribution is -2.36. The number of imide groups is 1. The number of ether oxygens (including phenoxy) is 1. The van der Waals surface area contributed by atoms with Gasteiger partial charge in [0.1, 0.15) is 18.9 Å². The second kappa shape index (κ2) is 10.6. The van der Waals surface area contributed by atoms with Crippen molar-refractivity contribution in [1.82, 2.24) is 4.90 Å². The van der Waals surface area contributed by atoms with E-state index in [0.29, 0.717) is 18.0 Å². The molecule has 1 saturated heterocycles. The molecule has 178 valence electrons. The van der Waals surface area contributed by atoms with E-state index in [2.05, 4.69) is 11.4 Å². The van der Waals surface area contributed by atoms with Gasteiger partial charge in [-0.25, -0.2) is 0 Å². The van der Waals surface area contributed by atoms with Crippen molar-refractivity contribution in [3.63, 3.8) is 0 Å². The van der Waals surface area contributed by atoms with Crippen LogP contribution in [0.2, 0.25) is 0 Å². The van der Waals surface area contributed by atoms with Gasteiger partial charge >= 0.3 is 0 Å². The van der Waals surface area contributed by atoms with Crippen LogP contribution in [-0.2, 0) is 16.2 Å². The molecule has 6 nitrogen and oxygen atoms in total. The van der Waals surface area contributed by atoms with E-state index in [-0.39, 0.29) is 11.4 Å². The lowest BCUT2D eigenvalue weighted by molar-refractivity contribution is -0.127. The van der Waals surface area contributed by atoms with Crippen LogP contribution in [0.1, 0.15) is 27.8 Å². The zero-order valence-electron chi connectivity index (χ0n) is 19.8. The summed E-state index contributed by atoms with van der Waals surface area (Å²) >= 11 is 0.830. The number of benzene rings is 3. The lowest BCUT2D eigenvalue weighted by Gasteiger charge is -2.13. The number of aryl methyl sites for hydroxylation is 3. The van der Waals surface area contributed by atoms with Gasteiger partial charge in [0.2, 0.25) is 5.91 Å². The van der Waals surface area contributed by atoms with Crippen LogP contribution in [0.4, 0.5) is 10.5 Å². The molecular formula is C28H26N2O4S. The van der Waals surface area contributed by atoms with Gasteiger partial charge in [-0.2, -0.15) is 0 Å². The highest BCUT2D eigenvalue weighted by Gasteiger charge is 2.36. The minimum Gasteiger partial charge on any atom is -0.489 e. The Kier molecular flexibility index (Phi) is 7.36. The molecule has 0 saturated carbocycles. The van der Waals surface area contributed by atoms with E-state index in [0.717, 1.165) is 38.9 Å². The summed E-state index contributed by atoms with van der Waals surface area (Å²) in [6, 6.07) is 21.1. The number of carbonyl (C=O) groups is 3. The Hall–Kier alpha value is -3.84. The van der Waals surface area contributed by atoms with Crippen LogP contribution in [0, 0.1) is 20.8 Å². The van der Waals surface area contributed by atoms with Gasteiger partial charge in [0.25, 0.3) is 11.1 Å². The summed E-state index contributed by atoms with van der Waals surface area (Å²) in [6.07, 6.45) is 1.65. The zero-order chi connectivity index (χ0) is 24.9. The Morgan fingerprint density at radius 2 is 1.66 bits per heavy atom. The maximum Gasteiger partial charge on any atom is 0.294 e. The third-order valence-corrected chi connectivity index (χ3v) is 6.25. The minimum atomic E-state index is -0.477. The first-order valence-corrected chi connectivity index (χ1v) is 12.0. The SMILES string of the molecule is Cc1cccc(COc2ccc(/C=C3/SC(=O)N(CC(=O)Nc4cc(C)cc(C)c4)C3=O)cc2)c1. The average molecular weight is 487 g/mol. The van der Waals surface area contributed by atoms with E-state index >= 15 is 0 Å². The van der Waals surface area contributed by atoms with Gasteiger partial charge in [0.15, 0.2) is 0 Å². The van der Waals surface area contributed by atoms with Crippen LogP contribution in [0.5, 0.6) is 5.75 Å². The number of hydrogen-bond donors (Lipinski definition) is 1. The predicted octanol–water partition coefficient (Wildman–Crippen LogP) is 5.87. The summed E-state index contributed by atoms with van der Waals surface area (Å²) in [5.74, 6) is -0.191. The molecule has 1 heterocycles. The third-order valence-electron chi connectivity index (χ3n) is 5.35. The van der Waals surface area contributed by atoms with Crippen molar-refractivity contribution >= 4 is 40.6 Å². The summed E-state index contributed by atoms with van der Waals surface area (Å²) in [7, 11) is 0. The van der Waals surface area contributed by atoms with Gasteiger partial charge in [-0.1, -0.05) is 48.0 Å². The minimum absolute atomic E-state index is 0.280. The standard InChI is InChI=1S/C28H26N2O4S/c1-18-5-4-6-22(12-18)17-34-24-9-7-21(8-10-24)15-25-27(32)30(28(33)35-25)16-26(31)29-23-13-19(2)11-20(3)14-23/h4-15H,16-17H2,1-3H3,(H,29,31)/b25-15+. The molecule has 0 radical (unpaired) electrons. The number of nitrogens with one attached hydrogen (secondary N) is 1. The molecule has 3 amide bonds. The summed E-state index contributed by atoms with van der Waals surface area (Å²) in [5, 5.41) is 2.30. The summed E-state index contributed by atoms with van der Waals surface area (Å²) in [5.41, 5.74) is 5.70. The van der Waals surface area contributed by atoms with Crippen LogP contribution in [0.25, 0.3) is 6.08 Å². The van der Waals surface area contributed by atoms with E-state index < -0.39 is 17.1 Å². The summed E-state index contributed by atoms with van der Waals surface area (Å²) < 4.78 is 5.83. The molecule has 3 aromatic rings. The van der Waals surface area contributed by atoms with E-state index in [1.165, 1.54) is 5.56 Å². The second-order valence-electron chi connectivity index (χ2n) is 8.54. The first-order chi connectivity index (χ1) is 16.8. The molecule has 3 aromatic carbocycles. The lowest BCUT2D eigenvalue weighted by atomic mass is 10.1. The van der Waals surface area contributed by atoms with E-state index in [1.807, 2.05) is 81.4 Å². The fraction of sp³-hybridized carbons (Fsp3) is 0.179. The summed E-state index contributed by atoms with van der Waals surface area (Å²) in [6.45, 7) is 6.04. The number of carbonyl (C=O) groups excluding carboxylic acids is 3. The number of hydrogen-bond acceptors (Lipinski definition) is 5. The molecule has 1 N–H and O–H groups in total. The Bertz CT molecular complexity index is 1290. The van der Waals surface area contributed by atoms with Crippen molar-refractivity contribution in [3.05, 3.63) is 99.5 Å². The molecular weight excluding hydrogens is 460 g/mol. The normalized spacial score (nSPS) is 14.5. The first-order valence-electron chi connectivity index (χ1n) is 11.2. The predicted molar refractivity (Wildman–Crippen MR) is 139 cm³/mol. The van der Waals surface area contributed by atoms with Gasteiger partial charge in [0, 0.05) is 5.69 Å². The van der Waals surface area contributed by atoms with Crippen LogP contribution in [0.15, 0.2) is 71.6 Å². The Morgan fingerprint density at radius 3 is 2.34 bits per heavy atom. The molecule has 1 aliphatic rings.